The quantitative estimate of drug-likeness (QED) is 0.795. The molecule has 0 bridgehead atoms. The summed E-state index contributed by atoms with van der Waals surface area (Å²) in [6, 6.07) is 0.446. The Labute approximate surface area is 99.6 Å². The van der Waals surface area contributed by atoms with Gasteiger partial charge in [0.2, 0.25) is 5.91 Å². The molecule has 1 N–H and O–H groups in total. The molecule has 2 atom stereocenters. The van der Waals surface area contributed by atoms with E-state index in [0.717, 1.165) is 38.8 Å². The van der Waals surface area contributed by atoms with E-state index in [-0.39, 0.29) is 5.92 Å². The predicted octanol–water partition coefficient (Wildman–Crippen LogP) is 2.02. The van der Waals surface area contributed by atoms with Gasteiger partial charge in [0.15, 0.2) is 0 Å². The molecule has 0 aromatic carbocycles. The van der Waals surface area contributed by atoms with Gasteiger partial charge in [0.05, 0.1) is 0 Å². The first-order valence-electron chi connectivity index (χ1n) is 6.64. The van der Waals surface area contributed by atoms with Crippen molar-refractivity contribution in [2.75, 3.05) is 20.1 Å². The number of carbonyl (C=O) groups excluding carboxylic acids is 1. The van der Waals surface area contributed by atoms with Crippen molar-refractivity contribution in [3.8, 4) is 0 Å². The lowest BCUT2D eigenvalue weighted by Crippen LogP contribution is -2.40. The summed E-state index contributed by atoms with van der Waals surface area (Å²) < 4.78 is 0. The molecular formula is C13H26N2O. The summed E-state index contributed by atoms with van der Waals surface area (Å²) in [5.74, 6) is 0.514. The van der Waals surface area contributed by atoms with Crippen molar-refractivity contribution in [2.45, 2.75) is 52.0 Å². The molecule has 1 saturated heterocycles. The summed E-state index contributed by atoms with van der Waals surface area (Å²) in [7, 11) is 1.98. The summed E-state index contributed by atoms with van der Waals surface area (Å²) in [6.45, 7) is 6.34. The molecule has 1 fully saturated rings. The van der Waals surface area contributed by atoms with Gasteiger partial charge in [-0.15, -0.1) is 0 Å². The summed E-state index contributed by atoms with van der Waals surface area (Å²) >= 11 is 0. The lowest BCUT2D eigenvalue weighted by atomic mass is 10.0. The molecule has 3 nitrogen and oxygen atoms in total. The topological polar surface area (TPSA) is 32.3 Å². The number of nitrogens with one attached hydrogen (secondary N) is 1. The van der Waals surface area contributed by atoms with Crippen molar-refractivity contribution < 1.29 is 4.79 Å². The van der Waals surface area contributed by atoms with E-state index in [0.29, 0.717) is 11.9 Å². The van der Waals surface area contributed by atoms with Gasteiger partial charge in [-0.25, -0.2) is 0 Å². The minimum Gasteiger partial charge on any atom is -0.342 e. The molecule has 1 amide bonds. The molecule has 0 aromatic heterocycles. The smallest absolute Gasteiger partial charge is 0.225 e. The molecule has 3 heteroatoms. The number of rotatable bonds is 4. The second kappa shape index (κ2) is 6.89. The normalized spacial score (nSPS) is 23.6. The lowest BCUT2D eigenvalue weighted by molar-refractivity contribution is -0.136. The van der Waals surface area contributed by atoms with Crippen LogP contribution < -0.4 is 5.32 Å². The Bertz CT molecular complexity index is 210. The molecule has 1 aliphatic rings. The Balaban J connectivity index is 2.47. The zero-order chi connectivity index (χ0) is 12.0. The first kappa shape index (κ1) is 13.5. The van der Waals surface area contributed by atoms with Crippen LogP contribution in [0.1, 0.15) is 46.0 Å². The van der Waals surface area contributed by atoms with Gasteiger partial charge < -0.3 is 10.2 Å². The first-order chi connectivity index (χ1) is 7.66. The SMILES string of the molecule is CCCC(C)C(=O)N(C)C1CCCNCC1. The fourth-order valence-electron chi connectivity index (χ4n) is 2.47. The van der Waals surface area contributed by atoms with Crippen LogP contribution in [0.2, 0.25) is 0 Å². The van der Waals surface area contributed by atoms with E-state index in [1.54, 1.807) is 0 Å². The molecule has 0 radical (unpaired) electrons. The summed E-state index contributed by atoms with van der Waals surface area (Å²) in [5.41, 5.74) is 0. The standard InChI is InChI=1S/C13H26N2O/c1-4-6-11(2)13(16)15(3)12-7-5-9-14-10-8-12/h11-12,14H,4-10H2,1-3H3. The average Bonchev–Trinajstić information content (AvgIpc) is 2.56. The van der Waals surface area contributed by atoms with E-state index in [2.05, 4.69) is 19.2 Å². The fraction of sp³-hybridized carbons (Fsp3) is 0.923. The summed E-state index contributed by atoms with van der Waals surface area (Å²) in [6.07, 6.45) is 5.53. The molecule has 94 valence electrons. The van der Waals surface area contributed by atoms with Crippen LogP contribution >= 0.6 is 0 Å². The van der Waals surface area contributed by atoms with Gasteiger partial charge in [-0.3, -0.25) is 4.79 Å². The van der Waals surface area contributed by atoms with Gasteiger partial charge in [0, 0.05) is 19.0 Å². The van der Waals surface area contributed by atoms with Gasteiger partial charge in [0.1, 0.15) is 0 Å². The second-order valence-electron chi connectivity index (χ2n) is 4.97. The lowest BCUT2D eigenvalue weighted by Gasteiger charge is -2.29. The minimum atomic E-state index is 0.186. The highest BCUT2D eigenvalue weighted by molar-refractivity contribution is 5.78. The van der Waals surface area contributed by atoms with E-state index in [9.17, 15) is 4.79 Å². The van der Waals surface area contributed by atoms with Crippen molar-refractivity contribution >= 4 is 5.91 Å². The molecule has 0 aliphatic carbocycles. The van der Waals surface area contributed by atoms with E-state index in [1.807, 2.05) is 11.9 Å². The third-order valence-electron chi connectivity index (χ3n) is 3.58. The van der Waals surface area contributed by atoms with Crippen molar-refractivity contribution in [1.29, 1.82) is 0 Å². The molecular weight excluding hydrogens is 200 g/mol. The largest absolute Gasteiger partial charge is 0.342 e. The zero-order valence-electron chi connectivity index (χ0n) is 11.0. The average molecular weight is 226 g/mol. The van der Waals surface area contributed by atoms with Gasteiger partial charge in [-0.1, -0.05) is 20.3 Å². The van der Waals surface area contributed by atoms with Crippen molar-refractivity contribution in [3.05, 3.63) is 0 Å². The van der Waals surface area contributed by atoms with Gasteiger partial charge in [-0.05, 0) is 38.8 Å². The van der Waals surface area contributed by atoms with Gasteiger partial charge in [0.25, 0.3) is 0 Å². The van der Waals surface area contributed by atoms with Crippen LogP contribution in [0, 0.1) is 5.92 Å². The second-order valence-corrected chi connectivity index (χ2v) is 4.97. The van der Waals surface area contributed by atoms with Crippen LogP contribution in [0.4, 0.5) is 0 Å². The van der Waals surface area contributed by atoms with Crippen LogP contribution in [-0.2, 0) is 4.79 Å². The van der Waals surface area contributed by atoms with Crippen LogP contribution in [-0.4, -0.2) is 37.0 Å². The highest BCUT2D eigenvalue weighted by Gasteiger charge is 2.24. The van der Waals surface area contributed by atoms with Crippen LogP contribution in [0.15, 0.2) is 0 Å². The highest BCUT2D eigenvalue weighted by atomic mass is 16.2. The molecule has 0 saturated carbocycles. The van der Waals surface area contributed by atoms with E-state index in [1.165, 1.54) is 6.42 Å². The van der Waals surface area contributed by atoms with E-state index in [4.69, 9.17) is 0 Å². The molecule has 1 heterocycles. The number of hydrogen-bond acceptors (Lipinski definition) is 2. The van der Waals surface area contributed by atoms with Crippen molar-refractivity contribution in [2.24, 2.45) is 5.92 Å². The molecule has 16 heavy (non-hydrogen) atoms. The van der Waals surface area contributed by atoms with Crippen molar-refractivity contribution in [1.82, 2.24) is 10.2 Å². The maximum absolute atomic E-state index is 12.1. The maximum Gasteiger partial charge on any atom is 0.225 e. The Morgan fingerprint density at radius 3 is 2.88 bits per heavy atom. The van der Waals surface area contributed by atoms with E-state index < -0.39 is 0 Å². The highest BCUT2D eigenvalue weighted by Crippen LogP contribution is 2.16. The van der Waals surface area contributed by atoms with Crippen molar-refractivity contribution in [3.63, 3.8) is 0 Å². The molecule has 1 aliphatic heterocycles. The van der Waals surface area contributed by atoms with Crippen LogP contribution in [0.3, 0.4) is 0 Å². The van der Waals surface area contributed by atoms with Crippen LogP contribution in [0.5, 0.6) is 0 Å². The molecule has 0 spiro atoms. The molecule has 0 aromatic rings. The third kappa shape index (κ3) is 3.78. The van der Waals surface area contributed by atoms with Gasteiger partial charge >= 0.3 is 0 Å². The zero-order valence-corrected chi connectivity index (χ0v) is 11.0. The Kier molecular flexibility index (Phi) is 5.81. The Morgan fingerprint density at radius 1 is 1.44 bits per heavy atom. The number of nitrogens with zero attached hydrogens (tertiary/aromatic N) is 1. The number of amides is 1. The third-order valence-corrected chi connectivity index (χ3v) is 3.58. The molecule has 2 unspecified atom stereocenters. The molecule has 1 rings (SSSR count). The minimum absolute atomic E-state index is 0.186. The van der Waals surface area contributed by atoms with E-state index >= 15 is 0 Å². The predicted molar refractivity (Wildman–Crippen MR) is 67.4 cm³/mol. The monoisotopic (exact) mass is 226 g/mol. The summed E-state index contributed by atoms with van der Waals surface area (Å²) in [5, 5.41) is 3.39. The fourth-order valence-corrected chi connectivity index (χ4v) is 2.47. The summed E-state index contributed by atoms with van der Waals surface area (Å²) in [4.78, 5) is 14.1. The van der Waals surface area contributed by atoms with Gasteiger partial charge in [-0.2, -0.15) is 0 Å². The van der Waals surface area contributed by atoms with Crippen LogP contribution in [0.25, 0.3) is 0 Å². The first-order valence-corrected chi connectivity index (χ1v) is 6.64. The number of hydrogen-bond donors (Lipinski definition) is 1. The maximum atomic E-state index is 12.1. The Morgan fingerprint density at radius 2 is 2.19 bits per heavy atom. The Hall–Kier alpha value is -0.570. The number of carbonyl (C=O) groups is 1.